The van der Waals surface area contributed by atoms with Gasteiger partial charge in [-0.15, -0.1) is 11.0 Å². The van der Waals surface area contributed by atoms with Gasteiger partial charge in [0.2, 0.25) is 0 Å². The van der Waals surface area contributed by atoms with Crippen LogP contribution in [-0.4, -0.2) is 62.8 Å². The van der Waals surface area contributed by atoms with E-state index >= 15 is 0 Å². The largest absolute Gasteiger partial charge is 0.354 e. The minimum absolute atomic E-state index is 0.130. The van der Waals surface area contributed by atoms with Gasteiger partial charge in [-0.1, -0.05) is 36.4 Å². The highest BCUT2D eigenvalue weighted by atomic mass is 32.2. The highest BCUT2D eigenvalue weighted by molar-refractivity contribution is 8.00. The van der Waals surface area contributed by atoms with E-state index in [1.165, 1.54) is 0 Å². The van der Waals surface area contributed by atoms with E-state index in [-0.39, 0.29) is 10.9 Å². The number of urea groups is 1. The number of rotatable bonds is 3. The van der Waals surface area contributed by atoms with Crippen LogP contribution < -0.4 is 5.32 Å². The number of nitrogens with one attached hydrogen (secondary N) is 1. The van der Waals surface area contributed by atoms with Gasteiger partial charge in [0, 0.05) is 38.3 Å². The van der Waals surface area contributed by atoms with E-state index in [1.807, 2.05) is 23.1 Å². The average Bonchev–Trinajstić information content (AvgIpc) is 2.82. The zero-order chi connectivity index (χ0) is 19.4. The number of nitrogens with zero attached hydrogens (tertiary/aromatic N) is 3. The van der Waals surface area contributed by atoms with Gasteiger partial charge in [-0.2, -0.15) is 8.42 Å². The Labute approximate surface area is 160 Å². The maximum Gasteiger partial charge on any atom is 0.317 e. The summed E-state index contributed by atoms with van der Waals surface area (Å²) in [5.74, 6) is 0.488. The molecular formula is C19H24N4O3S. The summed E-state index contributed by atoms with van der Waals surface area (Å²) in [6.07, 6.45) is 2.38. The number of carbonyl (C=O) groups excluding carboxylic acids is 1. The topological polar surface area (TPSA) is 82.1 Å². The average molecular weight is 388 g/mol. The Bertz CT molecular complexity index is 891. The predicted molar refractivity (Wildman–Crippen MR) is 107 cm³/mol. The third-order valence-electron chi connectivity index (χ3n) is 4.66. The van der Waals surface area contributed by atoms with E-state index in [1.54, 1.807) is 30.0 Å². The van der Waals surface area contributed by atoms with Crippen LogP contribution in [0.2, 0.25) is 0 Å². The third kappa shape index (κ3) is 4.05. The third-order valence-corrected chi connectivity index (χ3v) is 6.13. The first kappa shape index (κ1) is 19.2. The van der Waals surface area contributed by atoms with Crippen LogP contribution in [0.3, 0.4) is 0 Å². The quantitative estimate of drug-likeness (QED) is 0.804. The fourth-order valence-electron chi connectivity index (χ4n) is 3.38. The molecule has 0 aliphatic carbocycles. The van der Waals surface area contributed by atoms with Crippen molar-refractivity contribution in [3.05, 3.63) is 54.1 Å². The smallest absolute Gasteiger partial charge is 0.317 e. The Morgan fingerprint density at radius 3 is 2.67 bits per heavy atom. The molecule has 1 aromatic rings. The summed E-state index contributed by atoms with van der Waals surface area (Å²) in [7, 11) is -3.72. The fourth-order valence-corrected chi connectivity index (χ4v) is 4.86. The minimum Gasteiger partial charge on any atom is -0.354 e. The van der Waals surface area contributed by atoms with Crippen molar-refractivity contribution in [2.75, 3.05) is 32.7 Å². The predicted octanol–water partition coefficient (Wildman–Crippen LogP) is 2.06. The fraction of sp³-hybridized carbons (Fsp3) is 0.368. The first-order valence-corrected chi connectivity index (χ1v) is 10.4. The second-order valence-electron chi connectivity index (χ2n) is 6.51. The molecule has 144 valence electrons. The van der Waals surface area contributed by atoms with Gasteiger partial charge in [0.05, 0.1) is 0 Å². The van der Waals surface area contributed by atoms with Crippen molar-refractivity contribution in [3.63, 3.8) is 0 Å². The summed E-state index contributed by atoms with van der Waals surface area (Å²) < 4.78 is 29.3. The molecule has 1 aromatic carbocycles. The molecule has 2 heterocycles. The first-order valence-electron chi connectivity index (χ1n) is 8.94. The molecule has 0 radical (unpaired) electrons. The summed E-state index contributed by atoms with van der Waals surface area (Å²) in [4.78, 5) is 16.1. The number of amides is 2. The van der Waals surface area contributed by atoms with Crippen LogP contribution in [0, 0.1) is 0 Å². The lowest BCUT2D eigenvalue weighted by Crippen LogP contribution is -2.42. The summed E-state index contributed by atoms with van der Waals surface area (Å²) >= 11 is 0. The van der Waals surface area contributed by atoms with Gasteiger partial charge in [0.25, 0.3) is 10.0 Å². The molecule has 2 aliphatic heterocycles. The minimum atomic E-state index is -3.72. The monoisotopic (exact) mass is 388 g/mol. The second-order valence-corrected chi connectivity index (χ2v) is 8.05. The number of amidine groups is 1. The molecule has 1 N–H and O–H groups in total. The molecule has 1 saturated heterocycles. The van der Waals surface area contributed by atoms with Crippen LogP contribution in [0.4, 0.5) is 4.79 Å². The van der Waals surface area contributed by atoms with Crippen LogP contribution in [0.15, 0.2) is 53.0 Å². The molecule has 0 spiro atoms. The summed E-state index contributed by atoms with van der Waals surface area (Å²) in [6, 6.07) is 8.91. The standard InChI is InChI=1S/C19H24N4O3S/c1-3-10-20-19(24)23-12-7-11-22(13-14-23)18-15(2)17(27(25,26)21-18)16-8-5-4-6-9-16/h3-6,8-9H,1,7,10-14H2,2H3,(H,20,24). The molecule has 1 fully saturated rings. The number of hydrogen-bond donors (Lipinski definition) is 1. The van der Waals surface area contributed by atoms with Crippen LogP contribution in [-0.2, 0) is 10.0 Å². The number of hydrogen-bond acceptors (Lipinski definition) is 4. The normalized spacial score (nSPS) is 19.5. The molecule has 0 saturated carbocycles. The Hall–Kier alpha value is -2.61. The zero-order valence-corrected chi connectivity index (χ0v) is 16.2. The lowest BCUT2D eigenvalue weighted by atomic mass is 10.1. The van der Waals surface area contributed by atoms with E-state index in [0.717, 1.165) is 6.42 Å². The van der Waals surface area contributed by atoms with Crippen LogP contribution >= 0.6 is 0 Å². The number of carbonyl (C=O) groups is 1. The van der Waals surface area contributed by atoms with Crippen molar-refractivity contribution >= 4 is 26.8 Å². The molecule has 0 atom stereocenters. The molecule has 7 nitrogen and oxygen atoms in total. The molecule has 2 amide bonds. The van der Waals surface area contributed by atoms with E-state index in [2.05, 4.69) is 16.3 Å². The summed E-state index contributed by atoms with van der Waals surface area (Å²) in [5, 5.41) is 2.78. The van der Waals surface area contributed by atoms with Gasteiger partial charge >= 0.3 is 6.03 Å². The van der Waals surface area contributed by atoms with Gasteiger partial charge in [-0.05, 0) is 18.9 Å². The van der Waals surface area contributed by atoms with Crippen molar-refractivity contribution in [2.45, 2.75) is 13.3 Å². The lowest BCUT2D eigenvalue weighted by Gasteiger charge is -2.23. The van der Waals surface area contributed by atoms with E-state index in [4.69, 9.17) is 0 Å². The lowest BCUT2D eigenvalue weighted by molar-refractivity contribution is 0.201. The van der Waals surface area contributed by atoms with Crippen LogP contribution in [0.5, 0.6) is 0 Å². The van der Waals surface area contributed by atoms with Crippen LogP contribution in [0.1, 0.15) is 18.9 Å². The zero-order valence-electron chi connectivity index (χ0n) is 15.4. The van der Waals surface area contributed by atoms with E-state index in [9.17, 15) is 13.2 Å². The second kappa shape index (κ2) is 7.96. The van der Waals surface area contributed by atoms with Crippen molar-refractivity contribution in [2.24, 2.45) is 4.40 Å². The van der Waals surface area contributed by atoms with Gasteiger partial charge in [-0.3, -0.25) is 0 Å². The highest BCUT2D eigenvalue weighted by Crippen LogP contribution is 2.33. The molecule has 0 bridgehead atoms. The van der Waals surface area contributed by atoms with Gasteiger partial charge in [0.15, 0.2) is 0 Å². The Kier molecular flexibility index (Phi) is 5.65. The molecular weight excluding hydrogens is 364 g/mol. The highest BCUT2D eigenvalue weighted by Gasteiger charge is 2.34. The molecule has 0 unspecified atom stereocenters. The van der Waals surface area contributed by atoms with Gasteiger partial charge in [0.1, 0.15) is 10.7 Å². The molecule has 27 heavy (non-hydrogen) atoms. The van der Waals surface area contributed by atoms with E-state index in [0.29, 0.717) is 49.7 Å². The van der Waals surface area contributed by atoms with Gasteiger partial charge in [-0.25, -0.2) is 4.79 Å². The van der Waals surface area contributed by atoms with Crippen molar-refractivity contribution in [1.29, 1.82) is 0 Å². The summed E-state index contributed by atoms with van der Waals surface area (Å²) in [5.41, 5.74) is 1.31. The molecule has 8 heteroatoms. The Balaban J connectivity index is 1.80. The van der Waals surface area contributed by atoms with Crippen molar-refractivity contribution in [3.8, 4) is 0 Å². The Morgan fingerprint density at radius 2 is 1.96 bits per heavy atom. The molecule has 2 aliphatic rings. The molecule has 3 rings (SSSR count). The summed E-state index contributed by atoms with van der Waals surface area (Å²) in [6.45, 7) is 8.13. The van der Waals surface area contributed by atoms with Crippen molar-refractivity contribution < 1.29 is 13.2 Å². The van der Waals surface area contributed by atoms with E-state index < -0.39 is 10.0 Å². The first-order chi connectivity index (χ1) is 12.9. The Morgan fingerprint density at radius 1 is 1.22 bits per heavy atom. The molecule has 0 aromatic heterocycles. The maximum atomic E-state index is 12.6. The van der Waals surface area contributed by atoms with Crippen molar-refractivity contribution in [1.82, 2.24) is 15.1 Å². The van der Waals surface area contributed by atoms with Gasteiger partial charge < -0.3 is 15.1 Å². The maximum absolute atomic E-state index is 12.6. The SMILES string of the molecule is C=CCNC(=O)N1CCCN(C2=NS(=O)(=O)C(c3ccccc3)=C2C)CC1. The number of sulfonamides is 1. The number of benzene rings is 1. The van der Waals surface area contributed by atoms with Crippen LogP contribution in [0.25, 0.3) is 4.91 Å².